The van der Waals surface area contributed by atoms with Crippen LogP contribution in [0.3, 0.4) is 0 Å². The molecular weight excluding hydrogens is 374 g/mol. The number of carbonyl (C=O) groups is 4. The van der Waals surface area contributed by atoms with Gasteiger partial charge in [-0.3, -0.25) is 25.2 Å². The molecule has 0 aliphatic rings. The minimum absolute atomic E-state index is 0.254. The van der Waals surface area contributed by atoms with Gasteiger partial charge in [0.15, 0.2) is 6.61 Å². The van der Waals surface area contributed by atoms with Crippen molar-refractivity contribution in [2.45, 2.75) is 19.9 Å². The number of ether oxygens (including phenoxy) is 1. The van der Waals surface area contributed by atoms with Crippen molar-refractivity contribution in [2.75, 3.05) is 6.61 Å². The first-order valence-electron chi connectivity index (χ1n) is 9.05. The van der Waals surface area contributed by atoms with Gasteiger partial charge in [-0.05, 0) is 30.2 Å². The van der Waals surface area contributed by atoms with Gasteiger partial charge in [-0.1, -0.05) is 50.2 Å². The number of hydrogen-bond acceptors (Lipinski definition) is 5. The zero-order chi connectivity index (χ0) is 21.2. The van der Waals surface area contributed by atoms with Crippen molar-refractivity contribution in [3.05, 3.63) is 71.8 Å². The predicted molar refractivity (Wildman–Crippen MR) is 106 cm³/mol. The number of carbonyl (C=O) groups excluding carboxylic acids is 4. The van der Waals surface area contributed by atoms with E-state index in [-0.39, 0.29) is 5.92 Å². The van der Waals surface area contributed by atoms with Crippen LogP contribution >= 0.6 is 0 Å². The first kappa shape index (κ1) is 21.6. The van der Waals surface area contributed by atoms with E-state index in [1.165, 1.54) is 0 Å². The van der Waals surface area contributed by atoms with Crippen LogP contribution in [-0.4, -0.2) is 36.3 Å². The van der Waals surface area contributed by atoms with Gasteiger partial charge < -0.3 is 10.1 Å². The summed E-state index contributed by atoms with van der Waals surface area (Å²) in [5, 5.41) is 2.61. The highest BCUT2D eigenvalue weighted by Gasteiger charge is 2.26. The van der Waals surface area contributed by atoms with Crippen molar-refractivity contribution in [1.82, 2.24) is 16.2 Å². The van der Waals surface area contributed by atoms with Gasteiger partial charge in [0.25, 0.3) is 17.7 Å². The molecule has 0 aliphatic carbocycles. The smallest absolute Gasteiger partial charge is 0.329 e. The molecule has 0 saturated heterocycles. The summed E-state index contributed by atoms with van der Waals surface area (Å²) in [5.74, 6) is -2.62. The molecule has 8 nitrogen and oxygen atoms in total. The number of amides is 3. The van der Waals surface area contributed by atoms with Gasteiger partial charge in [0.1, 0.15) is 6.04 Å². The lowest BCUT2D eigenvalue weighted by molar-refractivity contribution is -0.151. The monoisotopic (exact) mass is 397 g/mol. The summed E-state index contributed by atoms with van der Waals surface area (Å²) < 4.78 is 4.99. The Bertz CT molecular complexity index is 853. The Hall–Kier alpha value is -3.68. The molecule has 8 heteroatoms. The van der Waals surface area contributed by atoms with Gasteiger partial charge >= 0.3 is 5.97 Å². The second-order valence-electron chi connectivity index (χ2n) is 6.54. The Morgan fingerprint density at radius 2 is 1.31 bits per heavy atom. The predicted octanol–water partition coefficient (Wildman–Crippen LogP) is 1.45. The topological polar surface area (TPSA) is 114 Å². The van der Waals surface area contributed by atoms with E-state index < -0.39 is 36.3 Å². The summed E-state index contributed by atoms with van der Waals surface area (Å²) in [6.07, 6.45) is 0. The Morgan fingerprint density at radius 3 is 1.83 bits per heavy atom. The molecule has 29 heavy (non-hydrogen) atoms. The second kappa shape index (κ2) is 10.6. The van der Waals surface area contributed by atoms with Gasteiger partial charge in [0.05, 0.1) is 0 Å². The van der Waals surface area contributed by atoms with Crippen molar-refractivity contribution >= 4 is 23.7 Å². The number of nitrogens with one attached hydrogen (secondary N) is 3. The van der Waals surface area contributed by atoms with E-state index in [1.807, 2.05) is 0 Å². The number of hydrogen-bond donors (Lipinski definition) is 3. The first-order valence-corrected chi connectivity index (χ1v) is 9.05. The number of esters is 1. The maximum atomic E-state index is 12.3. The number of rotatable bonds is 7. The zero-order valence-electron chi connectivity index (χ0n) is 16.2. The van der Waals surface area contributed by atoms with Crippen LogP contribution in [-0.2, 0) is 14.3 Å². The molecule has 2 aromatic rings. The average molecular weight is 397 g/mol. The Labute approximate surface area is 168 Å². The van der Waals surface area contributed by atoms with Gasteiger partial charge in [0, 0.05) is 11.1 Å². The van der Waals surface area contributed by atoms with Crippen LogP contribution < -0.4 is 16.2 Å². The molecular formula is C21H23N3O5. The van der Waals surface area contributed by atoms with E-state index >= 15 is 0 Å². The lowest BCUT2D eigenvalue weighted by Crippen LogP contribution is -2.47. The highest BCUT2D eigenvalue weighted by atomic mass is 16.5. The Balaban J connectivity index is 1.82. The van der Waals surface area contributed by atoms with Crippen LogP contribution in [0, 0.1) is 5.92 Å². The van der Waals surface area contributed by atoms with Gasteiger partial charge in [-0.2, -0.15) is 0 Å². The van der Waals surface area contributed by atoms with E-state index in [1.54, 1.807) is 74.5 Å². The van der Waals surface area contributed by atoms with Crippen molar-refractivity contribution in [3.63, 3.8) is 0 Å². The minimum Gasteiger partial charge on any atom is -0.454 e. The summed E-state index contributed by atoms with van der Waals surface area (Å²) in [4.78, 5) is 48.3. The fraction of sp³-hybridized carbons (Fsp3) is 0.238. The molecule has 152 valence electrons. The maximum absolute atomic E-state index is 12.3. The Kier molecular flexibility index (Phi) is 7.90. The molecule has 0 aliphatic heterocycles. The normalized spacial score (nSPS) is 11.3. The average Bonchev–Trinajstić information content (AvgIpc) is 2.74. The summed E-state index contributed by atoms with van der Waals surface area (Å²) >= 11 is 0. The molecule has 0 spiro atoms. The molecule has 0 bridgehead atoms. The molecule has 3 N–H and O–H groups in total. The van der Waals surface area contributed by atoms with Crippen molar-refractivity contribution in [2.24, 2.45) is 5.92 Å². The molecule has 2 aromatic carbocycles. The lowest BCUT2D eigenvalue weighted by Gasteiger charge is -2.20. The van der Waals surface area contributed by atoms with Crippen LogP contribution in [0.5, 0.6) is 0 Å². The van der Waals surface area contributed by atoms with Crippen molar-refractivity contribution < 1.29 is 23.9 Å². The highest BCUT2D eigenvalue weighted by molar-refractivity contribution is 5.97. The standard InChI is InChI=1S/C21H23N3O5/c1-14(2)18(22-19(26)15-9-5-3-6-10-15)21(28)29-13-17(25)23-24-20(27)16-11-7-4-8-12-16/h3-12,14,18H,13H2,1-2H3,(H,22,26)(H,23,25)(H,24,27)/t18-/m1/s1. The minimum atomic E-state index is -0.922. The SMILES string of the molecule is CC(C)[C@@H](NC(=O)c1ccccc1)C(=O)OCC(=O)NNC(=O)c1ccccc1. The van der Waals surface area contributed by atoms with Crippen molar-refractivity contribution in [3.8, 4) is 0 Å². The van der Waals surface area contributed by atoms with E-state index in [4.69, 9.17) is 4.74 Å². The van der Waals surface area contributed by atoms with Gasteiger partial charge in [-0.15, -0.1) is 0 Å². The zero-order valence-corrected chi connectivity index (χ0v) is 16.2. The summed E-state index contributed by atoms with van der Waals surface area (Å²) in [5.41, 5.74) is 5.18. The molecule has 2 rings (SSSR count). The molecule has 0 heterocycles. The molecule has 0 unspecified atom stereocenters. The second-order valence-corrected chi connectivity index (χ2v) is 6.54. The molecule has 1 atom stereocenters. The molecule has 3 amide bonds. The molecule has 0 aromatic heterocycles. The quantitative estimate of drug-likeness (QED) is 0.483. The van der Waals surface area contributed by atoms with E-state index in [0.29, 0.717) is 11.1 Å². The summed E-state index contributed by atoms with van der Waals surface area (Å²) in [7, 11) is 0. The Morgan fingerprint density at radius 1 is 0.793 bits per heavy atom. The van der Waals surface area contributed by atoms with Gasteiger partial charge in [-0.25, -0.2) is 4.79 Å². The fourth-order valence-electron chi connectivity index (χ4n) is 2.36. The fourth-order valence-corrected chi connectivity index (χ4v) is 2.36. The van der Waals surface area contributed by atoms with Gasteiger partial charge in [0.2, 0.25) is 0 Å². The molecule has 0 saturated carbocycles. The maximum Gasteiger partial charge on any atom is 0.329 e. The summed E-state index contributed by atoms with van der Waals surface area (Å²) in [6.45, 7) is 2.90. The highest BCUT2D eigenvalue weighted by Crippen LogP contribution is 2.07. The lowest BCUT2D eigenvalue weighted by atomic mass is 10.0. The third-order valence-electron chi connectivity index (χ3n) is 3.94. The van der Waals surface area contributed by atoms with Crippen LogP contribution in [0.25, 0.3) is 0 Å². The third-order valence-corrected chi connectivity index (χ3v) is 3.94. The van der Waals surface area contributed by atoms with Crippen molar-refractivity contribution in [1.29, 1.82) is 0 Å². The third kappa shape index (κ3) is 6.76. The number of benzene rings is 2. The van der Waals surface area contributed by atoms with E-state index in [0.717, 1.165) is 0 Å². The van der Waals surface area contributed by atoms with E-state index in [9.17, 15) is 19.2 Å². The first-order chi connectivity index (χ1) is 13.9. The van der Waals surface area contributed by atoms with E-state index in [2.05, 4.69) is 16.2 Å². The van der Waals surface area contributed by atoms with Crippen LogP contribution in [0.1, 0.15) is 34.6 Å². The van der Waals surface area contributed by atoms with Crippen LogP contribution in [0.15, 0.2) is 60.7 Å². The summed E-state index contributed by atoms with van der Waals surface area (Å²) in [6, 6.07) is 15.8. The van der Waals surface area contributed by atoms with Crippen LogP contribution in [0.4, 0.5) is 0 Å². The largest absolute Gasteiger partial charge is 0.454 e. The number of hydrazine groups is 1. The molecule has 0 fully saturated rings. The van der Waals surface area contributed by atoms with Crippen LogP contribution in [0.2, 0.25) is 0 Å². The molecule has 0 radical (unpaired) electrons.